The maximum atomic E-state index is 12.7. The van der Waals surface area contributed by atoms with E-state index in [1.807, 2.05) is 30.3 Å². The molecular formula is C18H17NO4S2. The van der Waals surface area contributed by atoms with Gasteiger partial charge in [0.25, 0.3) is 5.91 Å². The fourth-order valence-corrected chi connectivity index (χ4v) is 4.14. The van der Waals surface area contributed by atoms with Gasteiger partial charge in [-0.25, -0.2) is 4.79 Å². The molecule has 0 unspecified atom stereocenters. The molecule has 0 aliphatic carbocycles. The topological polar surface area (TPSA) is 66.8 Å². The van der Waals surface area contributed by atoms with Crippen LogP contribution >= 0.6 is 24.0 Å². The minimum atomic E-state index is -1.05. The van der Waals surface area contributed by atoms with Gasteiger partial charge in [0.15, 0.2) is 0 Å². The van der Waals surface area contributed by atoms with Crippen molar-refractivity contribution >= 4 is 46.3 Å². The number of amides is 1. The first-order chi connectivity index (χ1) is 11.9. The Morgan fingerprint density at radius 2 is 2.12 bits per heavy atom. The summed E-state index contributed by atoms with van der Waals surface area (Å²) in [4.78, 5) is 25.9. The smallest absolute Gasteiger partial charge is 0.327 e. The van der Waals surface area contributed by atoms with Crippen molar-refractivity contribution in [2.24, 2.45) is 5.92 Å². The first-order valence-corrected chi connectivity index (χ1v) is 9.03. The van der Waals surface area contributed by atoms with E-state index in [1.165, 1.54) is 4.90 Å². The number of benzene rings is 1. The van der Waals surface area contributed by atoms with Crippen LogP contribution in [0.3, 0.4) is 0 Å². The first kappa shape index (κ1) is 17.7. The SMILES string of the molecule is CC(C)[C@H](C(=O)O)N1C(=O)/C(=C\C2=Cc3ccccc3OC2)SC1=S. The molecule has 1 N–H and O–H groups in total. The molecule has 2 aliphatic heterocycles. The van der Waals surface area contributed by atoms with Crippen LogP contribution in [-0.2, 0) is 9.59 Å². The van der Waals surface area contributed by atoms with Crippen molar-refractivity contribution in [1.82, 2.24) is 4.90 Å². The van der Waals surface area contributed by atoms with Crippen LogP contribution in [0.5, 0.6) is 5.75 Å². The molecule has 2 heterocycles. The van der Waals surface area contributed by atoms with Crippen LogP contribution < -0.4 is 4.74 Å². The molecule has 7 heteroatoms. The van der Waals surface area contributed by atoms with Crippen LogP contribution in [0.15, 0.2) is 40.8 Å². The van der Waals surface area contributed by atoms with Crippen LogP contribution in [0.2, 0.25) is 0 Å². The Hall–Kier alpha value is -2.12. The molecule has 0 spiro atoms. The molecule has 0 saturated carbocycles. The van der Waals surface area contributed by atoms with Crippen LogP contribution in [-0.4, -0.2) is 38.9 Å². The summed E-state index contributed by atoms with van der Waals surface area (Å²) in [7, 11) is 0. The standard InChI is InChI=1S/C18H17NO4S2/c1-10(2)15(17(21)22)19-16(20)14(25-18(19)24)8-11-7-12-5-3-4-6-13(12)23-9-11/h3-8,10,15H,9H2,1-2H3,(H,21,22)/b14-8+/t15-/m1/s1. The number of thioether (sulfide) groups is 1. The number of carboxylic acid groups (broad SMARTS) is 1. The van der Waals surface area contributed by atoms with Gasteiger partial charge in [0.1, 0.15) is 22.7 Å². The third kappa shape index (κ3) is 3.48. The van der Waals surface area contributed by atoms with E-state index in [0.29, 0.717) is 11.5 Å². The molecule has 1 saturated heterocycles. The summed E-state index contributed by atoms with van der Waals surface area (Å²) in [6, 6.07) is 6.69. The highest BCUT2D eigenvalue weighted by Gasteiger charge is 2.42. The number of ether oxygens (including phenoxy) is 1. The number of hydrogen-bond acceptors (Lipinski definition) is 5. The minimum absolute atomic E-state index is 0.247. The zero-order chi connectivity index (χ0) is 18.1. The molecular weight excluding hydrogens is 358 g/mol. The summed E-state index contributed by atoms with van der Waals surface area (Å²) < 4.78 is 5.96. The molecule has 0 bridgehead atoms. The maximum absolute atomic E-state index is 12.7. The number of rotatable bonds is 4. The zero-order valence-electron chi connectivity index (χ0n) is 13.8. The number of nitrogens with zero attached hydrogens (tertiary/aromatic N) is 1. The number of para-hydroxylation sites is 1. The van der Waals surface area contributed by atoms with Gasteiger partial charge >= 0.3 is 5.97 Å². The fourth-order valence-electron chi connectivity index (χ4n) is 2.80. The molecule has 3 rings (SSSR count). The van der Waals surface area contributed by atoms with E-state index in [1.54, 1.807) is 19.9 Å². The van der Waals surface area contributed by atoms with Gasteiger partial charge in [0, 0.05) is 5.56 Å². The maximum Gasteiger partial charge on any atom is 0.327 e. The van der Waals surface area contributed by atoms with E-state index >= 15 is 0 Å². The van der Waals surface area contributed by atoms with Crippen molar-refractivity contribution in [1.29, 1.82) is 0 Å². The Morgan fingerprint density at radius 3 is 2.80 bits per heavy atom. The van der Waals surface area contributed by atoms with Gasteiger partial charge < -0.3 is 9.84 Å². The van der Waals surface area contributed by atoms with Crippen LogP contribution in [0.25, 0.3) is 6.08 Å². The largest absolute Gasteiger partial charge is 0.488 e. The van der Waals surface area contributed by atoms with Gasteiger partial charge in [-0.1, -0.05) is 56.0 Å². The van der Waals surface area contributed by atoms with Crippen molar-refractivity contribution in [3.8, 4) is 5.75 Å². The number of carbonyl (C=O) groups is 2. The van der Waals surface area contributed by atoms with Gasteiger partial charge in [0.2, 0.25) is 0 Å². The Labute approximate surface area is 155 Å². The van der Waals surface area contributed by atoms with E-state index in [-0.39, 0.29) is 16.1 Å². The number of carboxylic acids is 1. The van der Waals surface area contributed by atoms with Crippen LogP contribution in [0.1, 0.15) is 19.4 Å². The van der Waals surface area contributed by atoms with E-state index in [4.69, 9.17) is 17.0 Å². The van der Waals surface area contributed by atoms with Crippen LogP contribution in [0.4, 0.5) is 0 Å². The lowest BCUT2D eigenvalue weighted by atomic mass is 10.0. The Bertz CT molecular complexity index is 813. The lowest BCUT2D eigenvalue weighted by molar-refractivity contribution is -0.146. The van der Waals surface area contributed by atoms with Crippen molar-refractivity contribution in [3.63, 3.8) is 0 Å². The normalized spacial score (nSPS) is 19.7. The van der Waals surface area contributed by atoms with Crippen molar-refractivity contribution < 1.29 is 19.4 Å². The second kappa shape index (κ2) is 7.01. The summed E-state index contributed by atoms with van der Waals surface area (Å²) in [5, 5.41) is 9.44. The molecule has 1 atom stereocenters. The molecule has 130 valence electrons. The van der Waals surface area contributed by atoms with Gasteiger partial charge in [-0.15, -0.1) is 0 Å². The third-order valence-corrected chi connectivity index (χ3v) is 5.29. The summed E-state index contributed by atoms with van der Waals surface area (Å²) >= 11 is 6.38. The summed E-state index contributed by atoms with van der Waals surface area (Å²) in [6.07, 6.45) is 3.69. The lowest BCUT2D eigenvalue weighted by Gasteiger charge is -2.26. The molecule has 5 nitrogen and oxygen atoms in total. The Kier molecular flexibility index (Phi) is 4.96. The number of thiocarbonyl (C=S) groups is 1. The fraction of sp³-hybridized carbons (Fsp3) is 0.278. The lowest BCUT2D eigenvalue weighted by Crippen LogP contribution is -2.47. The molecule has 25 heavy (non-hydrogen) atoms. The van der Waals surface area contributed by atoms with E-state index in [0.717, 1.165) is 28.6 Å². The Morgan fingerprint density at radius 1 is 1.40 bits per heavy atom. The molecule has 1 fully saturated rings. The van der Waals surface area contributed by atoms with E-state index in [2.05, 4.69) is 0 Å². The predicted molar refractivity (Wildman–Crippen MR) is 101 cm³/mol. The molecule has 2 aliphatic rings. The Balaban J connectivity index is 1.89. The highest BCUT2D eigenvalue weighted by atomic mass is 32.2. The van der Waals surface area contributed by atoms with Crippen molar-refractivity contribution in [2.45, 2.75) is 19.9 Å². The van der Waals surface area contributed by atoms with Gasteiger partial charge in [-0.05, 0) is 29.7 Å². The average molecular weight is 375 g/mol. The highest BCUT2D eigenvalue weighted by molar-refractivity contribution is 8.26. The van der Waals surface area contributed by atoms with Crippen molar-refractivity contribution in [2.75, 3.05) is 6.61 Å². The van der Waals surface area contributed by atoms with Gasteiger partial charge in [0.05, 0.1) is 4.91 Å². The quantitative estimate of drug-likeness (QED) is 0.643. The number of hydrogen-bond donors (Lipinski definition) is 1. The number of aliphatic carboxylic acids is 1. The van der Waals surface area contributed by atoms with Gasteiger partial charge in [-0.3, -0.25) is 9.69 Å². The third-order valence-electron chi connectivity index (χ3n) is 3.96. The highest BCUT2D eigenvalue weighted by Crippen LogP contribution is 2.36. The van der Waals surface area contributed by atoms with Crippen molar-refractivity contribution in [3.05, 3.63) is 46.4 Å². The zero-order valence-corrected chi connectivity index (χ0v) is 15.4. The van der Waals surface area contributed by atoms with Crippen LogP contribution in [0, 0.1) is 5.92 Å². The molecule has 0 aromatic heterocycles. The second-order valence-corrected chi connectivity index (χ2v) is 7.80. The summed E-state index contributed by atoms with van der Waals surface area (Å²) in [5.41, 5.74) is 1.79. The number of carbonyl (C=O) groups excluding carboxylic acids is 1. The van der Waals surface area contributed by atoms with E-state index < -0.39 is 12.0 Å². The molecule has 0 radical (unpaired) electrons. The first-order valence-electron chi connectivity index (χ1n) is 7.80. The molecule has 1 aromatic carbocycles. The molecule has 1 amide bonds. The predicted octanol–water partition coefficient (Wildman–Crippen LogP) is 3.32. The summed E-state index contributed by atoms with van der Waals surface area (Å²) in [6.45, 7) is 3.87. The van der Waals surface area contributed by atoms with E-state index in [9.17, 15) is 14.7 Å². The number of fused-ring (bicyclic) bond motifs is 1. The monoisotopic (exact) mass is 375 g/mol. The summed E-state index contributed by atoms with van der Waals surface area (Å²) in [5.74, 6) is -0.862. The molecule has 1 aromatic rings. The second-order valence-electron chi connectivity index (χ2n) is 6.12. The van der Waals surface area contributed by atoms with Gasteiger partial charge in [-0.2, -0.15) is 0 Å². The average Bonchev–Trinajstić information content (AvgIpc) is 2.82. The minimum Gasteiger partial charge on any atom is -0.488 e.